The molecule has 0 aliphatic heterocycles. The van der Waals surface area contributed by atoms with Gasteiger partial charge in [0.2, 0.25) is 15.7 Å². The van der Waals surface area contributed by atoms with E-state index in [2.05, 4.69) is 0 Å². The molecule has 0 rings (SSSR count). The molecule has 26 heteroatoms. The standard InChI is InChI=1S/C16H18F17NO6SSi/c1-6-34(42(38-3,39-4)40-5)8(35)7(2)41(36,37)16(32,33)14(27,28)12(23,24)10(19,20)9(17,18)11(21,22)13(25,26)15(29,30)31/h7H,6H2,1-5H3. The Balaban J connectivity index is 7.15. The molecule has 0 N–H and O–H groups in total. The minimum absolute atomic E-state index is 0.00408. The van der Waals surface area contributed by atoms with Crippen LogP contribution in [0.5, 0.6) is 0 Å². The van der Waals surface area contributed by atoms with Crippen LogP contribution in [0.3, 0.4) is 0 Å². The summed E-state index contributed by atoms with van der Waals surface area (Å²) in [5, 5.41) is -11.6. The monoisotopic (exact) mass is 703 g/mol. The topological polar surface area (TPSA) is 82.1 Å². The summed E-state index contributed by atoms with van der Waals surface area (Å²) in [6.07, 6.45) is -7.94. The number of amides is 1. The van der Waals surface area contributed by atoms with Crippen molar-refractivity contribution in [3.63, 3.8) is 0 Å². The lowest BCUT2D eigenvalue weighted by Crippen LogP contribution is -2.75. The third-order valence-electron chi connectivity index (χ3n) is 5.55. The van der Waals surface area contributed by atoms with Crippen LogP contribution in [-0.2, 0) is 27.9 Å². The lowest BCUT2D eigenvalue weighted by Gasteiger charge is -2.43. The Kier molecular flexibility index (Phi) is 10.9. The summed E-state index contributed by atoms with van der Waals surface area (Å²) in [5.41, 5.74) is 0. The second-order valence-electron chi connectivity index (χ2n) is 7.87. The van der Waals surface area contributed by atoms with Crippen LogP contribution in [0.1, 0.15) is 13.8 Å². The summed E-state index contributed by atoms with van der Waals surface area (Å²) in [7, 11) is -10.2. The lowest BCUT2D eigenvalue weighted by atomic mass is 9.91. The van der Waals surface area contributed by atoms with Crippen LogP contribution in [0, 0.1) is 0 Å². The Labute approximate surface area is 225 Å². The molecule has 0 radical (unpaired) electrons. The molecule has 0 saturated carbocycles. The highest BCUT2D eigenvalue weighted by Crippen LogP contribution is 2.64. The predicted octanol–water partition coefficient (Wildman–Crippen LogP) is 4.98. The number of nitrogens with zero attached hydrogens (tertiary/aromatic N) is 1. The van der Waals surface area contributed by atoms with Gasteiger partial charge in [0.1, 0.15) is 5.25 Å². The van der Waals surface area contributed by atoms with E-state index in [0.29, 0.717) is 21.3 Å². The van der Waals surface area contributed by atoms with Crippen molar-refractivity contribution >= 4 is 24.7 Å². The molecule has 0 fully saturated rings. The van der Waals surface area contributed by atoms with E-state index in [4.69, 9.17) is 13.3 Å². The lowest BCUT2D eigenvalue weighted by molar-refractivity contribution is -0.458. The third kappa shape index (κ3) is 5.20. The number of carbonyl (C=O) groups is 1. The Morgan fingerprint density at radius 3 is 1.19 bits per heavy atom. The number of sulfone groups is 1. The first-order chi connectivity index (χ1) is 18.2. The van der Waals surface area contributed by atoms with Crippen LogP contribution in [0.2, 0.25) is 0 Å². The summed E-state index contributed by atoms with van der Waals surface area (Å²) in [5.74, 6) is -54.7. The van der Waals surface area contributed by atoms with Gasteiger partial charge in [0.05, 0.1) is 0 Å². The zero-order valence-electron chi connectivity index (χ0n) is 21.0. The first-order valence-corrected chi connectivity index (χ1v) is 13.3. The molecule has 0 aliphatic rings. The normalized spacial score (nSPS) is 16.4. The maximum Gasteiger partial charge on any atom is 0.635 e. The third-order valence-corrected chi connectivity index (χ3v) is 10.4. The van der Waals surface area contributed by atoms with Gasteiger partial charge in [-0.3, -0.25) is 4.79 Å². The van der Waals surface area contributed by atoms with Crippen LogP contribution < -0.4 is 0 Å². The molecule has 1 amide bonds. The van der Waals surface area contributed by atoms with Gasteiger partial charge in [-0.2, -0.15) is 74.6 Å². The number of carbonyl (C=O) groups excluding carboxylic acids is 1. The fourth-order valence-electron chi connectivity index (χ4n) is 2.97. The molecule has 1 unspecified atom stereocenters. The van der Waals surface area contributed by atoms with Crippen molar-refractivity contribution in [1.29, 1.82) is 0 Å². The Hall–Kier alpha value is -1.67. The van der Waals surface area contributed by atoms with Gasteiger partial charge in [0.25, 0.3) is 0 Å². The van der Waals surface area contributed by atoms with Gasteiger partial charge in [-0.1, -0.05) is 0 Å². The minimum atomic E-state index is -8.98. The van der Waals surface area contributed by atoms with E-state index in [0.717, 1.165) is 6.92 Å². The molecule has 0 saturated heterocycles. The van der Waals surface area contributed by atoms with Crippen LogP contribution >= 0.6 is 0 Å². The molecule has 0 aliphatic carbocycles. The van der Waals surface area contributed by atoms with E-state index in [-0.39, 0.29) is 11.5 Å². The van der Waals surface area contributed by atoms with Crippen molar-refractivity contribution in [1.82, 2.24) is 4.57 Å². The second kappa shape index (κ2) is 11.4. The van der Waals surface area contributed by atoms with E-state index in [1.54, 1.807) is 0 Å². The zero-order valence-corrected chi connectivity index (χ0v) is 22.8. The summed E-state index contributed by atoms with van der Waals surface area (Å²) in [4.78, 5) is 12.6. The Bertz CT molecular complexity index is 1090. The first kappa shape index (κ1) is 40.3. The van der Waals surface area contributed by atoms with E-state index < -0.39 is 83.5 Å². The summed E-state index contributed by atoms with van der Waals surface area (Å²) >= 11 is 0. The molecule has 7 nitrogen and oxygen atoms in total. The molecule has 0 bridgehead atoms. The molecule has 1 atom stereocenters. The van der Waals surface area contributed by atoms with Crippen LogP contribution in [0.4, 0.5) is 74.6 Å². The van der Waals surface area contributed by atoms with Crippen LogP contribution in [0.15, 0.2) is 0 Å². The van der Waals surface area contributed by atoms with Crippen LogP contribution in [0.25, 0.3) is 0 Å². The molecule has 0 aromatic rings. The molecule has 0 heterocycles. The Morgan fingerprint density at radius 2 is 0.929 bits per heavy atom. The number of halogens is 17. The summed E-state index contributed by atoms with van der Waals surface area (Å²) < 4.78 is 268. The highest BCUT2D eigenvalue weighted by Gasteiger charge is 2.96. The van der Waals surface area contributed by atoms with E-state index >= 15 is 0 Å². The predicted molar refractivity (Wildman–Crippen MR) is 103 cm³/mol. The first-order valence-electron chi connectivity index (χ1n) is 10.1. The van der Waals surface area contributed by atoms with Crippen molar-refractivity contribution in [3.05, 3.63) is 0 Å². The average molecular weight is 703 g/mol. The van der Waals surface area contributed by atoms with E-state index in [1.807, 2.05) is 0 Å². The van der Waals surface area contributed by atoms with Crippen LogP contribution in [-0.4, -0.2) is 108 Å². The average Bonchev–Trinajstić information content (AvgIpc) is 2.84. The van der Waals surface area contributed by atoms with Gasteiger partial charge in [-0.05, 0) is 13.8 Å². The second-order valence-corrected chi connectivity index (χ2v) is 13.0. The van der Waals surface area contributed by atoms with Crippen molar-refractivity contribution in [2.24, 2.45) is 0 Å². The maximum absolute atomic E-state index is 14.5. The van der Waals surface area contributed by atoms with Crippen molar-refractivity contribution in [3.8, 4) is 0 Å². The molecule has 0 spiro atoms. The minimum Gasteiger partial charge on any atom is -0.360 e. The maximum atomic E-state index is 14.5. The fourth-order valence-corrected chi connectivity index (χ4v) is 6.40. The molecular weight excluding hydrogens is 685 g/mol. The van der Waals surface area contributed by atoms with Gasteiger partial charge in [-0.25, -0.2) is 8.42 Å². The van der Waals surface area contributed by atoms with E-state index in [1.165, 1.54) is 0 Å². The largest absolute Gasteiger partial charge is 0.635 e. The fraction of sp³-hybridized carbons (Fsp3) is 0.938. The van der Waals surface area contributed by atoms with Gasteiger partial charge >= 0.3 is 55.9 Å². The number of rotatable bonds is 14. The summed E-state index contributed by atoms with van der Waals surface area (Å²) in [6, 6.07) is 0. The van der Waals surface area contributed by atoms with Gasteiger partial charge < -0.3 is 17.8 Å². The van der Waals surface area contributed by atoms with Gasteiger partial charge in [0, 0.05) is 27.9 Å². The van der Waals surface area contributed by atoms with Crippen molar-refractivity contribution in [2.75, 3.05) is 27.9 Å². The summed E-state index contributed by atoms with van der Waals surface area (Å²) in [6.45, 7) is -0.199. The molecule has 0 aromatic carbocycles. The van der Waals surface area contributed by atoms with Gasteiger partial charge in [-0.15, -0.1) is 0 Å². The highest BCUT2D eigenvalue weighted by atomic mass is 32.2. The van der Waals surface area contributed by atoms with Crippen molar-refractivity contribution in [2.45, 2.75) is 66.1 Å². The smallest absolute Gasteiger partial charge is 0.360 e. The SMILES string of the molecule is CCN(C(=O)C(C)S(=O)(=O)C(F)(F)C(F)(F)C(F)(F)C(F)(F)C(F)(F)C(F)(F)C(F)(F)C(F)(F)F)[Si](OC)(OC)OC. The molecule has 0 aromatic heterocycles. The van der Waals surface area contributed by atoms with Gasteiger partial charge in [0.15, 0.2) is 0 Å². The zero-order chi connectivity index (χ0) is 34.6. The Morgan fingerprint density at radius 1 is 0.643 bits per heavy atom. The number of alkyl halides is 17. The molecule has 252 valence electrons. The molecular formula is C16H18F17NO6SSi. The van der Waals surface area contributed by atoms with Crippen molar-refractivity contribution < 1.29 is 101 Å². The number of hydrogen-bond donors (Lipinski definition) is 0. The van der Waals surface area contributed by atoms with E-state index in [9.17, 15) is 87.8 Å². The molecule has 42 heavy (non-hydrogen) atoms. The highest BCUT2D eigenvalue weighted by molar-refractivity contribution is 7.93. The quantitative estimate of drug-likeness (QED) is 0.188. The number of hydrogen-bond acceptors (Lipinski definition) is 6.